The number of aromatic nitrogens is 6. The SMILES string of the molecule is CC1(C)N(c2nc(-c3ccc(-c4ccccc4)cc3)nc(N3c4nc5ccccc5n4C(C)(C)C3(C)C)n2)c2cc3ccccc3n2C1(C)C. The second kappa shape index (κ2) is 10.0. The summed E-state index contributed by atoms with van der Waals surface area (Å²) < 4.78 is 4.79. The number of para-hydroxylation sites is 3. The van der Waals surface area contributed by atoms with E-state index in [4.69, 9.17) is 19.9 Å². The lowest BCUT2D eigenvalue weighted by Crippen LogP contribution is -2.52. The van der Waals surface area contributed by atoms with Crippen molar-refractivity contribution in [2.75, 3.05) is 9.80 Å². The van der Waals surface area contributed by atoms with Gasteiger partial charge < -0.3 is 9.13 Å². The van der Waals surface area contributed by atoms with Crippen molar-refractivity contribution in [1.29, 1.82) is 0 Å². The molecule has 2 aliphatic rings. The summed E-state index contributed by atoms with van der Waals surface area (Å²) >= 11 is 0. The van der Waals surface area contributed by atoms with Crippen LogP contribution >= 0.6 is 0 Å². The van der Waals surface area contributed by atoms with Gasteiger partial charge in [-0.25, -0.2) is 4.98 Å². The Bertz CT molecular complexity index is 2320. The van der Waals surface area contributed by atoms with Crippen molar-refractivity contribution >= 4 is 45.6 Å². The van der Waals surface area contributed by atoms with Crippen LogP contribution in [0.3, 0.4) is 0 Å². The molecule has 0 fully saturated rings. The summed E-state index contributed by atoms with van der Waals surface area (Å²) in [6, 6.07) is 38.2. The first-order chi connectivity index (χ1) is 23.8. The van der Waals surface area contributed by atoms with Gasteiger partial charge in [0.25, 0.3) is 0 Å². The molecular formula is C42H42N8. The number of anilines is 4. The Morgan fingerprint density at radius 2 is 0.980 bits per heavy atom. The molecule has 250 valence electrons. The predicted molar refractivity (Wildman–Crippen MR) is 203 cm³/mol. The molecule has 0 aliphatic carbocycles. The minimum absolute atomic E-state index is 0.279. The summed E-state index contributed by atoms with van der Waals surface area (Å²) in [5, 5.41) is 1.19. The van der Waals surface area contributed by atoms with Crippen LogP contribution < -0.4 is 9.80 Å². The molecule has 2 aliphatic heterocycles. The maximum absolute atomic E-state index is 5.41. The lowest BCUT2D eigenvalue weighted by atomic mass is 9.82. The predicted octanol–water partition coefficient (Wildman–Crippen LogP) is 9.84. The highest BCUT2D eigenvalue weighted by molar-refractivity contribution is 5.89. The molecule has 0 radical (unpaired) electrons. The van der Waals surface area contributed by atoms with Crippen LogP contribution in [0, 0.1) is 0 Å². The number of nitrogens with zero attached hydrogens (tertiary/aromatic N) is 8. The van der Waals surface area contributed by atoms with Gasteiger partial charge in [0, 0.05) is 10.9 Å². The fraction of sp³-hybridized carbons (Fsp3) is 0.286. The molecule has 5 heterocycles. The lowest BCUT2D eigenvalue weighted by Gasteiger charge is -2.42. The number of hydrogen-bond acceptors (Lipinski definition) is 6. The van der Waals surface area contributed by atoms with E-state index in [0.717, 1.165) is 33.9 Å². The standard InChI is InChI=1S/C42H42N8/c1-39(2)41(5,6)49(34-26-30-18-12-14-20-32(30)47(34)39)36-44-35(29-24-22-28(23-25-29)27-16-10-9-11-17-27)45-37(46-36)50-38-43-31-19-13-15-21-33(31)48(38)40(3,4)42(50,7)8/h9-26H,1-8H3. The van der Waals surface area contributed by atoms with E-state index >= 15 is 0 Å². The van der Waals surface area contributed by atoms with Gasteiger partial charge in [0.15, 0.2) is 5.82 Å². The van der Waals surface area contributed by atoms with Crippen LogP contribution in [0.1, 0.15) is 55.4 Å². The zero-order valence-corrected chi connectivity index (χ0v) is 30.0. The highest BCUT2D eigenvalue weighted by atomic mass is 15.5. The highest BCUT2D eigenvalue weighted by Crippen LogP contribution is 2.54. The number of imidazole rings is 1. The van der Waals surface area contributed by atoms with E-state index in [1.807, 2.05) is 12.1 Å². The summed E-state index contributed by atoms with van der Waals surface area (Å²) in [4.78, 5) is 25.8. The van der Waals surface area contributed by atoms with Gasteiger partial charge in [-0.2, -0.15) is 15.0 Å². The van der Waals surface area contributed by atoms with Gasteiger partial charge >= 0.3 is 0 Å². The second-order valence-electron chi connectivity index (χ2n) is 15.7. The monoisotopic (exact) mass is 658 g/mol. The van der Waals surface area contributed by atoms with Gasteiger partial charge in [-0.05, 0) is 90.8 Å². The highest BCUT2D eigenvalue weighted by Gasteiger charge is 2.56. The molecule has 50 heavy (non-hydrogen) atoms. The average molecular weight is 659 g/mol. The first-order valence-corrected chi connectivity index (χ1v) is 17.4. The van der Waals surface area contributed by atoms with E-state index in [1.54, 1.807) is 0 Å². The molecular weight excluding hydrogens is 617 g/mol. The van der Waals surface area contributed by atoms with Crippen LogP contribution in [0.4, 0.5) is 23.7 Å². The van der Waals surface area contributed by atoms with Crippen molar-refractivity contribution in [2.24, 2.45) is 0 Å². The molecule has 8 nitrogen and oxygen atoms in total. The molecule has 9 rings (SSSR count). The summed E-state index contributed by atoms with van der Waals surface area (Å²) in [6.45, 7) is 18.3. The zero-order valence-electron chi connectivity index (χ0n) is 30.0. The molecule has 8 heteroatoms. The third kappa shape index (κ3) is 3.93. The van der Waals surface area contributed by atoms with Gasteiger partial charge in [0.05, 0.1) is 38.7 Å². The van der Waals surface area contributed by atoms with E-state index < -0.39 is 5.54 Å². The summed E-state index contributed by atoms with van der Waals surface area (Å²) in [6.07, 6.45) is 0. The van der Waals surface area contributed by atoms with Crippen molar-refractivity contribution in [2.45, 2.75) is 77.5 Å². The lowest BCUT2D eigenvalue weighted by molar-refractivity contribution is 0.249. The summed E-state index contributed by atoms with van der Waals surface area (Å²) in [5.41, 5.74) is 5.07. The summed E-state index contributed by atoms with van der Waals surface area (Å²) in [7, 11) is 0. The molecule has 0 atom stereocenters. The van der Waals surface area contributed by atoms with Gasteiger partial charge in [-0.3, -0.25) is 9.80 Å². The smallest absolute Gasteiger partial charge is 0.238 e. The van der Waals surface area contributed by atoms with Crippen molar-refractivity contribution in [1.82, 2.24) is 29.1 Å². The molecule has 4 aromatic carbocycles. The second-order valence-corrected chi connectivity index (χ2v) is 15.7. The number of hydrogen-bond donors (Lipinski definition) is 0. The number of benzene rings is 4. The van der Waals surface area contributed by atoms with Gasteiger partial charge in [0.2, 0.25) is 17.8 Å². The molecule has 0 spiro atoms. The number of fused-ring (bicyclic) bond motifs is 6. The van der Waals surface area contributed by atoms with E-state index in [1.165, 1.54) is 16.5 Å². The third-order valence-electron chi connectivity index (χ3n) is 12.2. The molecule has 0 saturated heterocycles. The Morgan fingerprint density at radius 3 is 1.70 bits per heavy atom. The molecule has 7 aromatic rings. The topological polar surface area (TPSA) is 67.9 Å². The van der Waals surface area contributed by atoms with Crippen LogP contribution in [0.2, 0.25) is 0 Å². The van der Waals surface area contributed by atoms with Gasteiger partial charge in [0.1, 0.15) is 5.82 Å². The summed E-state index contributed by atoms with van der Waals surface area (Å²) in [5.74, 6) is 3.71. The van der Waals surface area contributed by atoms with Crippen LogP contribution in [0.25, 0.3) is 44.5 Å². The average Bonchev–Trinajstić information content (AvgIpc) is 3.75. The quantitative estimate of drug-likeness (QED) is 0.188. The van der Waals surface area contributed by atoms with Crippen LogP contribution in [0.15, 0.2) is 109 Å². The van der Waals surface area contributed by atoms with Crippen molar-refractivity contribution < 1.29 is 0 Å². The van der Waals surface area contributed by atoms with E-state index in [9.17, 15) is 0 Å². The molecule has 0 unspecified atom stereocenters. The molecule has 0 bridgehead atoms. The Morgan fingerprint density at radius 1 is 0.440 bits per heavy atom. The van der Waals surface area contributed by atoms with Crippen molar-refractivity contribution in [3.63, 3.8) is 0 Å². The van der Waals surface area contributed by atoms with Crippen LogP contribution in [-0.4, -0.2) is 40.1 Å². The van der Waals surface area contributed by atoms with Crippen molar-refractivity contribution in [3.8, 4) is 22.5 Å². The largest absolute Gasteiger partial charge is 0.319 e. The molecule has 0 amide bonds. The third-order valence-corrected chi connectivity index (χ3v) is 12.2. The maximum Gasteiger partial charge on any atom is 0.238 e. The fourth-order valence-electron chi connectivity index (χ4n) is 8.05. The first-order valence-electron chi connectivity index (χ1n) is 17.4. The van der Waals surface area contributed by atoms with Crippen LogP contribution in [-0.2, 0) is 11.1 Å². The minimum atomic E-state index is -0.429. The van der Waals surface area contributed by atoms with Crippen LogP contribution in [0.5, 0.6) is 0 Å². The van der Waals surface area contributed by atoms with E-state index in [0.29, 0.717) is 17.7 Å². The van der Waals surface area contributed by atoms with Gasteiger partial charge in [-0.1, -0.05) is 84.9 Å². The fourth-order valence-corrected chi connectivity index (χ4v) is 8.05. The molecule has 3 aromatic heterocycles. The van der Waals surface area contributed by atoms with E-state index in [-0.39, 0.29) is 16.6 Å². The minimum Gasteiger partial charge on any atom is -0.319 e. The molecule has 0 saturated carbocycles. The normalized spacial score (nSPS) is 18.2. The number of rotatable bonds is 4. The maximum atomic E-state index is 5.41. The Hall–Kier alpha value is -5.50. The van der Waals surface area contributed by atoms with E-state index in [2.05, 4.69) is 171 Å². The first kappa shape index (κ1) is 30.6. The van der Waals surface area contributed by atoms with Crippen molar-refractivity contribution in [3.05, 3.63) is 109 Å². The molecule has 0 N–H and O–H groups in total. The Kier molecular flexibility index (Phi) is 6.13. The zero-order chi connectivity index (χ0) is 34.8. The Labute approximate surface area is 293 Å². The van der Waals surface area contributed by atoms with Gasteiger partial charge in [-0.15, -0.1) is 0 Å². The Balaban J connectivity index is 1.29.